The molecule has 2 aromatic carbocycles. The summed E-state index contributed by atoms with van der Waals surface area (Å²) in [5.41, 5.74) is 3.45. The Morgan fingerprint density at radius 2 is 2.05 bits per heavy atom. The highest BCUT2D eigenvalue weighted by molar-refractivity contribution is 7.98. The van der Waals surface area contributed by atoms with Gasteiger partial charge in [0, 0.05) is 17.9 Å². The highest BCUT2D eigenvalue weighted by Crippen LogP contribution is 2.27. The Balaban J connectivity index is 1.73. The zero-order valence-electron chi connectivity index (χ0n) is 12.2. The lowest BCUT2D eigenvalue weighted by Crippen LogP contribution is -2.08. The van der Waals surface area contributed by atoms with Crippen molar-refractivity contribution in [2.24, 2.45) is 0 Å². The van der Waals surface area contributed by atoms with Gasteiger partial charge >= 0.3 is 0 Å². The van der Waals surface area contributed by atoms with Gasteiger partial charge in [-0.2, -0.15) is 0 Å². The van der Waals surface area contributed by atoms with E-state index in [2.05, 4.69) is 22.4 Å². The van der Waals surface area contributed by atoms with Crippen LogP contribution in [0.5, 0.6) is 0 Å². The highest BCUT2D eigenvalue weighted by Gasteiger charge is 2.08. The van der Waals surface area contributed by atoms with E-state index in [1.54, 1.807) is 11.8 Å². The van der Waals surface area contributed by atoms with E-state index in [1.165, 1.54) is 5.56 Å². The number of rotatable bonds is 5. The topological polar surface area (TPSA) is 55.1 Å². The quantitative estimate of drug-likeness (QED) is 0.706. The van der Waals surface area contributed by atoms with Gasteiger partial charge in [-0.05, 0) is 23.8 Å². The molecule has 0 aliphatic rings. The van der Waals surface area contributed by atoms with Crippen LogP contribution in [0.4, 0.5) is 5.69 Å². The summed E-state index contributed by atoms with van der Waals surface area (Å²) in [5.74, 6) is 0.800. The van der Waals surface area contributed by atoms with E-state index in [0.29, 0.717) is 11.6 Å². The van der Waals surface area contributed by atoms with Gasteiger partial charge in [0.25, 0.3) is 5.22 Å². The molecule has 1 aromatic heterocycles. The molecule has 5 heteroatoms. The molecule has 0 saturated carbocycles. The minimum absolute atomic E-state index is 0.0125. The number of carbonyl (C=O) groups excluding carboxylic acids is 1. The first-order valence-corrected chi connectivity index (χ1v) is 8.10. The average Bonchev–Trinajstić information content (AvgIpc) is 2.96. The summed E-state index contributed by atoms with van der Waals surface area (Å²) in [6.07, 6.45) is 0.453. The Kier molecular flexibility index (Phi) is 4.44. The van der Waals surface area contributed by atoms with Crippen LogP contribution in [0.3, 0.4) is 0 Å². The van der Waals surface area contributed by atoms with Crippen LogP contribution < -0.4 is 5.32 Å². The summed E-state index contributed by atoms with van der Waals surface area (Å²) in [6, 6.07) is 15.7. The number of nitrogens with one attached hydrogen (secondary N) is 1. The molecule has 0 radical (unpaired) electrons. The van der Waals surface area contributed by atoms with Gasteiger partial charge in [-0.3, -0.25) is 4.79 Å². The van der Waals surface area contributed by atoms with Crippen LogP contribution in [0.25, 0.3) is 11.1 Å². The molecule has 0 unspecified atom stereocenters. The van der Waals surface area contributed by atoms with Gasteiger partial charge in [-0.25, -0.2) is 4.98 Å². The molecule has 0 atom stereocenters. The fourth-order valence-electron chi connectivity index (χ4n) is 2.01. The molecule has 0 saturated heterocycles. The standard InChI is InChI=1S/C17H16N2O2S/c1-2-16(20)18-13-8-9-15-14(10-13)19-17(21-15)22-11-12-6-4-3-5-7-12/h3-10H,2,11H2,1H3,(H,18,20). The van der Waals surface area contributed by atoms with Crippen LogP contribution in [0, 0.1) is 0 Å². The molecular weight excluding hydrogens is 296 g/mol. The molecule has 1 amide bonds. The first kappa shape index (κ1) is 14.7. The van der Waals surface area contributed by atoms with E-state index in [9.17, 15) is 4.79 Å². The zero-order valence-corrected chi connectivity index (χ0v) is 13.0. The van der Waals surface area contributed by atoms with E-state index in [1.807, 2.05) is 43.3 Å². The second-order valence-electron chi connectivity index (χ2n) is 4.84. The molecule has 3 rings (SSSR count). The summed E-state index contributed by atoms with van der Waals surface area (Å²) < 4.78 is 5.72. The average molecular weight is 312 g/mol. The van der Waals surface area contributed by atoms with Gasteiger partial charge in [-0.15, -0.1) is 0 Å². The number of aromatic nitrogens is 1. The van der Waals surface area contributed by atoms with Crippen LogP contribution in [0.1, 0.15) is 18.9 Å². The van der Waals surface area contributed by atoms with Crippen LogP contribution in [-0.4, -0.2) is 10.9 Å². The number of benzene rings is 2. The van der Waals surface area contributed by atoms with E-state index in [0.717, 1.165) is 22.5 Å². The maximum Gasteiger partial charge on any atom is 0.257 e. The van der Waals surface area contributed by atoms with Crippen molar-refractivity contribution in [1.29, 1.82) is 0 Å². The van der Waals surface area contributed by atoms with Gasteiger partial charge in [0.2, 0.25) is 5.91 Å². The monoisotopic (exact) mass is 312 g/mol. The van der Waals surface area contributed by atoms with Crippen LogP contribution in [0.15, 0.2) is 58.2 Å². The second kappa shape index (κ2) is 6.66. The normalized spacial score (nSPS) is 10.8. The largest absolute Gasteiger partial charge is 0.431 e. The zero-order chi connectivity index (χ0) is 15.4. The Hall–Kier alpha value is -2.27. The number of anilines is 1. The SMILES string of the molecule is CCC(=O)Nc1ccc2oc(SCc3ccccc3)nc2c1. The minimum atomic E-state index is -0.0125. The van der Waals surface area contributed by atoms with Gasteiger partial charge < -0.3 is 9.73 Å². The van der Waals surface area contributed by atoms with Gasteiger partial charge in [0.05, 0.1) is 0 Å². The molecule has 4 nitrogen and oxygen atoms in total. The maximum atomic E-state index is 11.4. The lowest BCUT2D eigenvalue weighted by Gasteiger charge is -2.01. The number of carbonyl (C=O) groups is 1. The number of hydrogen-bond acceptors (Lipinski definition) is 4. The van der Waals surface area contributed by atoms with Crippen molar-refractivity contribution in [2.75, 3.05) is 5.32 Å². The number of thioether (sulfide) groups is 1. The summed E-state index contributed by atoms with van der Waals surface area (Å²) in [5, 5.41) is 3.46. The molecule has 0 aliphatic carbocycles. The number of hydrogen-bond donors (Lipinski definition) is 1. The Morgan fingerprint density at radius 3 is 2.82 bits per heavy atom. The van der Waals surface area contributed by atoms with Gasteiger partial charge in [-0.1, -0.05) is 49.0 Å². The molecule has 0 spiro atoms. The molecule has 0 fully saturated rings. The summed E-state index contributed by atoms with van der Waals surface area (Å²) in [6.45, 7) is 1.82. The van der Waals surface area contributed by atoms with Crippen LogP contribution >= 0.6 is 11.8 Å². The summed E-state index contributed by atoms with van der Waals surface area (Å²) >= 11 is 1.56. The van der Waals surface area contributed by atoms with E-state index < -0.39 is 0 Å². The molecule has 1 heterocycles. The third-order valence-corrected chi connectivity index (χ3v) is 4.08. The van der Waals surface area contributed by atoms with Gasteiger partial charge in [0.15, 0.2) is 5.58 Å². The van der Waals surface area contributed by atoms with E-state index in [-0.39, 0.29) is 5.91 Å². The van der Waals surface area contributed by atoms with Crippen LogP contribution in [0.2, 0.25) is 0 Å². The number of fused-ring (bicyclic) bond motifs is 1. The van der Waals surface area contributed by atoms with Crippen molar-refractivity contribution in [3.63, 3.8) is 0 Å². The molecule has 3 aromatic rings. The smallest absolute Gasteiger partial charge is 0.257 e. The molecule has 0 bridgehead atoms. The molecular formula is C17H16N2O2S. The fourth-order valence-corrected chi connectivity index (χ4v) is 2.81. The summed E-state index contributed by atoms with van der Waals surface area (Å²) in [4.78, 5) is 15.9. The second-order valence-corrected chi connectivity index (χ2v) is 5.76. The molecule has 112 valence electrons. The fraction of sp³-hybridized carbons (Fsp3) is 0.176. The predicted octanol–water partition coefficient (Wildman–Crippen LogP) is 4.47. The van der Waals surface area contributed by atoms with E-state index in [4.69, 9.17) is 4.42 Å². The van der Waals surface area contributed by atoms with Crippen molar-refractivity contribution in [2.45, 2.75) is 24.3 Å². The molecule has 0 aliphatic heterocycles. The molecule has 1 N–H and O–H groups in total. The van der Waals surface area contributed by atoms with Crippen molar-refractivity contribution < 1.29 is 9.21 Å². The van der Waals surface area contributed by atoms with Crippen molar-refractivity contribution >= 4 is 34.5 Å². The third kappa shape index (κ3) is 3.49. The lowest BCUT2D eigenvalue weighted by atomic mass is 10.2. The van der Waals surface area contributed by atoms with E-state index >= 15 is 0 Å². The van der Waals surface area contributed by atoms with Crippen molar-refractivity contribution in [1.82, 2.24) is 4.98 Å². The predicted molar refractivity (Wildman–Crippen MR) is 88.9 cm³/mol. The third-order valence-electron chi connectivity index (χ3n) is 3.18. The first-order chi connectivity index (χ1) is 10.7. The van der Waals surface area contributed by atoms with Crippen molar-refractivity contribution in [3.05, 3.63) is 54.1 Å². The minimum Gasteiger partial charge on any atom is -0.431 e. The number of amides is 1. The highest BCUT2D eigenvalue weighted by atomic mass is 32.2. The van der Waals surface area contributed by atoms with Crippen molar-refractivity contribution in [3.8, 4) is 0 Å². The molecule has 22 heavy (non-hydrogen) atoms. The Morgan fingerprint density at radius 1 is 1.23 bits per heavy atom. The number of nitrogens with zero attached hydrogens (tertiary/aromatic N) is 1. The Bertz CT molecular complexity index is 784. The van der Waals surface area contributed by atoms with Crippen LogP contribution in [-0.2, 0) is 10.5 Å². The summed E-state index contributed by atoms with van der Waals surface area (Å²) in [7, 11) is 0. The lowest BCUT2D eigenvalue weighted by molar-refractivity contribution is -0.115. The maximum absolute atomic E-state index is 11.4. The van der Waals surface area contributed by atoms with Gasteiger partial charge in [0.1, 0.15) is 5.52 Å². The Labute approximate surface area is 132 Å². The first-order valence-electron chi connectivity index (χ1n) is 7.12. The number of oxazole rings is 1.